The summed E-state index contributed by atoms with van der Waals surface area (Å²) in [6.07, 6.45) is 2.62. The van der Waals surface area contributed by atoms with Crippen LogP contribution in [0, 0.1) is 10.1 Å². The molecule has 0 amide bonds. The van der Waals surface area contributed by atoms with Crippen LogP contribution in [0.2, 0.25) is 0 Å². The van der Waals surface area contributed by atoms with E-state index in [0.29, 0.717) is 5.76 Å². The van der Waals surface area contributed by atoms with Crippen LogP contribution in [0.5, 0.6) is 0 Å². The molecule has 84 valence electrons. The molecule has 7 nitrogen and oxygen atoms in total. The summed E-state index contributed by atoms with van der Waals surface area (Å²) < 4.78 is 7.24. The summed E-state index contributed by atoms with van der Waals surface area (Å²) >= 11 is 3.27. The van der Waals surface area contributed by atoms with Crippen molar-refractivity contribution in [3.8, 4) is 0 Å². The van der Waals surface area contributed by atoms with Gasteiger partial charge in [-0.3, -0.25) is 10.1 Å². The molecule has 0 saturated carbocycles. The third kappa shape index (κ3) is 1.78. The number of hydrogen-bond donors (Lipinski definition) is 1. The second-order valence-corrected chi connectivity index (χ2v) is 3.88. The molecule has 0 aliphatic heterocycles. The molecule has 8 heteroatoms. The molecule has 16 heavy (non-hydrogen) atoms. The highest BCUT2D eigenvalue weighted by Crippen LogP contribution is 2.23. The minimum absolute atomic E-state index is 0.00769. The van der Waals surface area contributed by atoms with Crippen LogP contribution in [0.25, 0.3) is 0 Å². The van der Waals surface area contributed by atoms with E-state index in [2.05, 4.69) is 21.0 Å². The van der Waals surface area contributed by atoms with E-state index < -0.39 is 4.92 Å². The zero-order chi connectivity index (χ0) is 11.7. The topological polar surface area (TPSA) is 100 Å². The van der Waals surface area contributed by atoms with Gasteiger partial charge in [0.1, 0.15) is 18.5 Å². The average Bonchev–Trinajstić information content (AvgIpc) is 2.76. The lowest BCUT2D eigenvalue weighted by atomic mass is 10.4. The zero-order valence-corrected chi connectivity index (χ0v) is 9.55. The largest absolute Gasteiger partial charge is 0.466 e. The van der Waals surface area contributed by atoms with Gasteiger partial charge in [-0.2, -0.15) is 5.10 Å². The highest BCUT2D eigenvalue weighted by atomic mass is 79.9. The normalized spacial score (nSPS) is 10.6. The summed E-state index contributed by atoms with van der Waals surface area (Å²) in [5, 5.41) is 14.4. The van der Waals surface area contributed by atoms with Crippen LogP contribution >= 0.6 is 15.9 Å². The average molecular weight is 287 g/mol. The van der Waals surface area contributed by atoms with Crippen LogP contribution in [0.15, 0.2) is 27.4 Å². The summed E-state index contributed by atoms with van der Waals surface area (Å²) in [6.45, 7) is 0.243. The van der Waals surface area contributed by atoms with Gasteiger partial charge in [-0.25, -0.2) is 4.68 Å². The van der Waals surface area contributed by atoms with Gasteiger partial charge in [0.15, 0.2) is 0 Å². The molecule has 2 N–H and O–H groups in total. The minimum Gasteiger partial charge on any atom is -0.466 e. The fourth-order valence-corrected chi connectivity index (χ4v) is 1.55. The van der Waals surface area contributed by atoms with Gasteiger partial charge >= 0.3 is 5.69 Å². The van der Waals surface area contributed by atoms with Gasteiger partial charge in [0.25, 0.3) is 0 Å². The Bertz CT molecular complexity index is 533. The summed E-state index contributed by atoms with van der Waals surface area (Å²) in [5.41, 5.74) is 5.37. The number of aromatic nitrogens is 2. The molecule has 0 aliphatic carbocycles. The first-order chi connectivity index (χ1) is 7.59. The van der Waals surface area contributed by atoms with Crippen molar-refractivity contribution in [1.82, 2.24) is 9.78 Å². The third-order valence-corrected chi connectivity index (χ3v) is 2.75. The number of nitro groups is 1. The van der Waals surface area contributed by atoms with Crippen LogP contribution in [-0.4, -0.2) is 14.7 Å². The van der Waals surface area contributed by atoms with E-state index >= 15 is 0 Å². The molecule has 2 rings (SSSR count). The maximum Gasteiger partial charge on any atom is 0.330 e. The molecule has 0 aromatic carbocycles. The molecule has 2 aromatic heterocycles. The molecule has 0 unspecified atom stereocenters. The van der Waals surface area contributed by atoms with Gasteiger partial charge < -0.3 is 10.2 Å². The molecule has 0 spiro atoms. The van der Waals surface area contributed by atoms with Gasteiger partial charge in [0.05, 0.1) is 15.7 Å². The molecular weight excluding hydrogens is 280 g/mol. The molecule has 0 atom stereocenters. The van der Waals surface area contributed by atoms with Crippen molar-refractivity contribution in [3.05, 3.63) is 38.9 Å². The lowest BCUT2D eigenvalue weighted by Crippen LogP contribution is -2.06. The van der Waals surface area contributed by atoms with E-state index in [1.807, 2.05) is 0 Å². The van der Waals surface area contributed by atoms with Gasteiger partial charge in [0, 0.05) is 0 Å². The fraction of sp³-hybridized carbons (Fsp3) is 0.125. The molecular formula is C8H7BrN4O3. The first kappa shape index (κ1) is 10.7. The van der Waals surface area contributed by atoms with Crippen molar-refractivity contribution in [2.75, 3.05) is 5.73 Å². The zero-order valence-electron chi connectivity index (χ0n) is 7.96. The van der Waals surface area contributed by atoms with Gasteiger partial charge in [-0.15, -0.1) is 0 Å². The first-order valence-corrected chi connectivity index (χ1v) is 5.06. The molecule has 0 saturated heterocycles. The van der Waals surface area contributed by atoms with Crippen molar-refractivity contribution >= 4 is 27.4 Å². The highest BCUT2D eigenvalue weighted by Gasteiger charge is 2.18. The summed E-state index contributed by atoms with van der Waals surface area (Å²) in [7, 11) is 0. The Balaban J connectivity index is 2.29. The van der Waals surface area contributed by atoms with E-state index in [0.717, 1.165) is 10.7 Å². The predicted molar refractivity (Wildman–Crippen MR) is 58.8 cm³/mol. The number of hydrogen-bond acceptors (Lipinski definition) is 5. The minimum atomic E-state index is -0.573. The van der Waals surface area contributed by atoms with Crippen LogP contribution in [0.4, 0.5) is 11.5 Å². The van der Waals surface area contributed by atoms with Crippen molar-refractivity contribution < 1.29 is 9.34 Å². The summed E-state index contributed by atoms with van der Waals surface area (Å²) in [4.78, 5) is 9.97. The number of furan rings is 1. The van der Waals surface area contributed by atoms with E-state index in [1.165, 1.54) is 10.9 Å². The van der Waals surface area contributed by atoms with E-state index in [1.54, 1.807) is 6.07 Å². The summed E-state index contributed by atoms with van der Waals surface area (Å²) in [6, 6.07) is 1.73. The van der Waals surface area contributed by atoms with Crippen molar-refractivity contribution in [2.45, 2.75) is 6.54 Å². The lowest BCUT2D eigenvalue weighted by Gasteiger charge is -2.00. The Labute approximate surface area is 98.1 Å². The summed E-state index contributed by atoms with van der Waals surface area (Å²) in [5.74, 6) is 0.609. The molecule has 0 fully saturated rings. The van der Waals surface area contributed by atoms with E-state index in [9.17, 15) is 10.1 Å². The van der Waals surface area contributed by atoms with Gasteiger partial charge in [0.2, 0.25) is 5.82 Å². The molecule has 0 radical (unpaired) electrons. The van der Waals surface area contributed by atoms with Crippen LogP contribution in [0.1, 0.15) is 5.76 Å². The number of halogens is 1. The number of rotatable bonds is 3. The SMILES string of the molecule is Nc1c([N+](=O)[O-])cnn1Cc1occc1Br. The van der Waals surface area contributed by atoms with Crippen molar-refractivity contribution in [3.63, 3.8) is 0 Å². The first-order valence-electron chi connectivity index (χ1n) is 4.27. The maximum atomic E-state index is 10.5. The quantitative estimate of drug-likeness (QED) is 0.685. The Morgan fingerprint density at radius 3 is 2.94 bits per heavy atom. The second kappa shape index (κ2) is 3.97. The van der Waals surface area contributed by atoms with Crippen LogP contribution in [-0.2, 0) is 6.54 Å². The number of nitrogen functional groups attached to an aromatic ring is 1. The van der Waals surface area contributed by atoms with Crippen LogP contribution < -0.4 is 5.73 Å². The monoisotopic (exact) mass is 286 g/mol. The predicted octanol–water partition coefficient (Wildman–Crippen LogP) is 1.78. The number of anilines is 1. The smallest absolute Gasteiger partial charge is 0.330 e. The Hall–Kier alpha value is -1.83. The van der Waals surface area contributed by atoms with Crippen molar-refractivity contribution in [2.24, 2.45) is 0 Å². The van der Waals surface area contributed by atoms with E-state index in [-0.39, 0.29) is 18.1 Å². The Morgan fingerprint density at radius 1 is 1.69 bits per heavy atom. The molecule has 0 bridgehead atoms. The standard InChI is InChI=1S/C8H7BrN4O3/c9-5-1-2-16-7(5)4-12-8(10)6(3-11-12)13(14)15/h1-3H,4,10H2. The third-order valence-electron chi connectivity index (χ3n) is 2.04. The van der Waals surface area contributed by atoms with Gasteiger partial charge in [-0.1, -0.05) is 0 Å². The molecule has 2 heterocycles. The van der Waals surface area contributed by atoms with Crippen LogP contribution in [0.3, 0.4) is 0 Å². The Morgan fingerprint density at radius 2 is 2.44 bits per heavy atom. The molecule has 0 aliphatic rings. The number of nitrogens with zero attached hydrogens (tertiary/aromatic N) is 3. The highest BCUT2D eigenvalue weighted by molar-refractivity contribution is 9.10. The lowest BCUT2D eigenvalue weighted by molar-refractivity contribution is -0.384. The second-order valence-electron chi connectivity index (χ2n) is 3.02. The molecule has 2 aromatic rings. The van der Waals surface area contributed by atoms with Crippen molar-refractivity contribution in [1.29, 1.82) is 0 Å². The fourth-order valence-electron chi connectivity index (χ4n) is 1.23. The van der Waals surface area contributed by atoms with Gasteiger partial charge in [-0.05, 0) is 22.0 Å². The van der Waals surface area contributed by atoms with E-state index in [4.69, 9.17) is 10.2 Å². The maximum absolute atomic E-state index is 10.5. The number of nitrogens with two attached hydrogens (primary N) is 1. The Kier molecular flexibility index (Phi) is 2.65.